The van der Waals surface area contributed by atoms with Crippen LogP contribution < -0.4 is 20.5 Å². The number of hydrogen-bond donors (Lipinski definition) is 2. The van der Waals surface area contributed by atoms with Crippen LogP contribution in [-0.4, -0.2) is 28.0 Å². The summed E-state index contributed by atoms with van der Waals surface area (Å²) in [5, 5.41) is 2.86. The van der Waals surface area contributed by atoms with E-state index in [4.69, 9.17) is 15.2 Å². The number of pyridine rings is 1. The molecule has 144 valence electrons. The molecule has 3 aromatic rings. The van der Waals surface area contributed by atoms with E-state index < -0.39 is 5.91 Å². The summed E-state index contributed by atoms with van der Waals surface area (Å²) >= 11 is 0. The van der Waals surface area contributed by atoms with Gasteiger partial charge >= 0.3 is 0 Å². The first-order valence-corrected chi connectivity index (χ1v) is 8.65. The van der Waals surface area contributed by atoms with Gasteiger partial charge in [0.15, 0.2) is 23.0 Å². The summed E-state index contributed by atoms with van der Waals surface area (Å²) < 4.78 is 11.3. The summed E-state index contributed by atoms with van der Waals surface area (Å²) in [7, 11) is 1.57. The van der Waals surface area contributed by atoms with Crippen molar-refractivity contribution in [3.05, 3.63) is 71.9 Å². The number of rotatable bonds is 7. The van der Waals surface area contributed by atoms with Crippen molar-refractivity contribution >= 4 is 11.7 Å². The maximum atomic E-state index is 12.4. The molecular formula is C20H21N5O3. The first kappa shape index (κ1) is 19.1. The quantitative estimate of drug-likeness (QED) is 0.648. The van der Waals surface area contributed by atoms with Crippen LogP contribution in [0.5, 0.6) is 11.5 Å². The van der Waals surface area contributed by atoms with E-state index in [0.29, 0.717) is 18.1 Å². The van der Waals surface area contributed by atoms with E-state index in [1.54, 1.807) is 19.5 Å². The number of amides is 1. The number of nitrogens with two attached hydrogens (primary N) is 1. The van der Waals surface area contributed by atoms with Gasteiger partial charge in [0, 0.05) is 24.8 Å². The Bertz CT molecular complexity index is 950. The van der Waals surface area contributed by atoms with E-state index in [-0.39, 0.29) is 17.6 Å². The summed E-state index contributed by atoms with van der Waals surface area (Å²) in [6.07, 6.45) is 6.29. The fourth-order valence-electron chi connectivity index (χ4n) is 2.58. The number of aromatic nitrogens is 3. The molecule has 0 bridgehead atoms. The molecule has 1 aromatic carbocycles. The Morgan fingerprint density at radius 1 is 1.11 bits per heavy atom. The first-order valence-electron chi connectivity index (χ1n) is 8.65. The standard InChI is InChI=1S/C20H21N5O3/c1-13(25-20(26)18-19(21)24-10-9-23-18)15-3-4-16(17(11-15)27-2)28-12-14-5-7-22-8-6-14/h3-11,13H,12H2,1-2H3,(H2,21,24)(H,25,26)/t13-/m1/s1. The highest BCUT2D eigenvalue weighted by atomic mass is 16.5. The molecular weight excluding hydrogens is 358 g/mol. The molecule has 0 saturated carbocycles. The van der Waals surface area contributed by atoms with Crippen molar-refractivity contribution in [1.82, 2.24) is 20.3 Å². The fourth-order valence-corrected chi connectivity index (χ4v) is 2.58. The lowest BCUT2D eigenvalue weighted by molar-refractivity contribution is 0.0935. The van der Waals surface area contributed by atoms with E-state index in [9.17, 15) is 4.79 Å². The molecule has 8 nitrogen and oxygen atoms in total. The highest BCUT2D eigenvalue weighted by molar-refractivity contribution is 5.96. The molecule has 2 heterocycles. The maximum Gasteiger partial charge on any atom is 0.274 e. The third-order valence-electron chi connectivity index (χ3n) is 4.12. The number of ether oxygens (including phenoxy) is 2. The molecule has 0 spiro atoms. The third kappa shape index (κ3) is 4.53. The van der Waals surface area contributed by atoms with Crippen molar-refractivity contribution < 1.29 is 14.3 Å². The molecule has 2 aromatic heterocycles. The van der Waals surface area contributed by atoms with Crippen LogP contribution in [0.15, 0.2) is 55.1 Å². The minimum Gasteiger partial charge on any atom is -0.493 e. The van der Waals surface area contributed by atoms with E-state index in [2.05, 4.69) is 20.3 Å². The number of nitrogen functional groups attached to an aromatic ring is 1. The van der Waals surface area contributed by atoms with Crippen LogP contribution in [0.1, 0.15) is 34.6 Å². The molecule has 0 radical (unpaired) electrons. The zero-order valence-corrected chi connectivity index (χ0v) is 15.6. The molecule has 1 atom stereocenters. The molecule has 3 rings (SSSR count). The lowest BCUT2D eigenvalue weighted by Crippen LogP contribution is -2.28. The molecule has 0 aliphatic rings. The molecule has 0 saturated heterocycles. The van der Waals surface area contributed by atoms with Gasteiger partial charge in [0.25, 0.3) is 5.91 Å². The maximum absolute atomic E-state index is 12.4. The average molecular weight is 379 g/mol. The molecule has 0 unspecified atom stereocenters. The smallest absolute Gasteiger partial charge is 0.274 e. The number of carbonyl (C=O) groups is 1. The highest BCUT2D eigenvalue weighted by Crippen LogP contribution is 2.31. The summed E-state index contributed by atoms with van der Waals surface area (Å²) in [5.74, 6) is 0.881. The Balaban J connectivity index is 1.70. The molecule has 1 amide bonds. The minimum atomic E-state index is -0.393. The van der Waals surface area contributed by atoms with E-state index in [1.807, 2.05) is 37.3 Å². The van der Waals surface area contributed by atoms with E-state index in [1.165, 1.54) is 12.4 Å². The second-order valence-corrected chi connectivity index (χ2v) is 6.04. The normalized spacial score (nSPS) is 11.5. The fraction of sp³-hybridized carbons (Fsp3) is 0.200. The first-order chi connectivity index (χ1) is 13.6. The van der Waals surface area contributed by atoms with Gasteiger partial charge in [-0.1, -0.05) is 6.07 Å². The second-order valence-electron chi connectivity index (χ2n) is 6.04. The van der Waals surface area contributed by atoms with Crippen LogP contribution in [-0.2, 0) is 6.61 Å². The van der Waals surface area contributed by atoms with Gasteiger partial charge in [-0.3, -0.25) is 9.78 Å². The Morgan fingerprint density at radius 3 is 2.57 bits per heavy atom. The Hall–Kier alpha value is -3.68. The van der Waals surface area contributed by atoms with Gasteiger partial charge in [0.1, 0.15) is 6.61 Å². The van der Waals surface area contributed by atoms with E-state index in [0.717, 1.165) is 11.1 Å². The van der Waals surface area contributed by atoms with E-state index >= 15 is 0 Å². The van der Waals surface area contributed by atoms with Gasteiger partial charge in [-0.05, 0) is 42.3 Å². The molecule has 0 aliphatic heterocycles. The van der Waals surface area contributed by atoms with Gasteiger partial charge in [-0.2, -0.15) is 0 Å². The van der Waals surface area contributed by atoms with Crippen molar-refractivity contribution in [3.63, 3.8) is 0 Å². The zero-order valence-electron chi connectivity index (χ0n) is 15.6. The van der Waals surface area contributed by atoms with Crippen LogP contribution in [0.25, 0.3) is 0 Å². The number of methoxy groups -OCH3 is 1. The largest absolute Gasteiger partial charge is 0.493 e. The number of nitrogens with zero attached hydrogens (tertiary/aromatic N) is 3. The highest BCUT2D eigenvalue weighted by Gasteiger charge is 2.17. The van der Waals surface area contributed by atoms with Crippen LogP contribution in [0.2, 0.25) is 0 Å². The predicted molar refractivity (Wildman–Crippen MR) is 104 cm³/mol. The monoisotopic (exact) mass is 379 g/mol. The average Bonchev–Trinajstić information content (AvgIpc) is 2.73. The van der Waals surface area contributed by atoms with Crippen LogP contribution in [0.3, 0.4) is 0 Å². The topological polar surface area (TPSA) is 112 Å². The SMILES string of the molecule is COc1cc([C@@H](C)NC(=O)c2nccnc2N)ccc1OCc1ccncc1. The molecule has 0 aliphatic carbocycles. The lowest BCUT2D eigenvalue weighted by Gasteiger charge is -2.17. The summed E-state index contributed by atoms with van der Waals surface area (Å²) in [4.78, 5) is 24.2. The zero-order chi connectivity index (χ0) is 19.9. The molecule has 3 N–H and O–H groups in total. The second kappa shape index (κ2) is 8.81. The van der Waals surface area contributed by atoms with Crippen molar-refractivity contribution in [1.29, 1.82) is 0 Å². The number of carbonyl (C=O) groups excluding carboxylic acids is 1. The van der Waals surface area contributed by atoms with Crippen LogP contribution in [0, 0.1) is 0 Å². The molecule has 0 fully saturated rings. The Kier molecular flexibility index (Phi) is 6.01. The van der Waals surface area contributed by atoms with Crippen LogP contribution >= 0.6 is 0 Å². The third-order valence-corrected chi connectivity index (χ3v) is 4.12. The number of benzene rings is 1. The summed E-state index contributed by atoms with van der Waals surface area (Å²) in [5.41, 5.74) is 7.66. The van der Waals surface area contributed by atoms with Crippen molar-refractivity contribution in [2.75, 3.05) is 12.8 Å². The minimum absolute atomic E-state index is 0.0876. The van der Waals surface area contributed by atoms with Gasteiger partial charge in [-0.15, -0.1) is 0 Å². The number of nitrogens with one attached hydrogen (secondary N) is 1. The summed E-state index contributed by atoms with van der Waals surface area (Å²) in [6, 6.07) is 8.99. The number of anilines is 1. The van der Waals surface area contributed by atoms with Crippen LogP contribution in [0.4, 0.5) is 5.82 Å². The Morgan fingerprint density at radius 2 is 1.86 bits per heavy atom. The summed E-state index contributed by atoms with van der Waals surface area (Å²) in [6.45, 7) is 2.26. The van der Waals surface area contributed by atoms with Gasteiger partial charge in [0.2, 0.25) is 0 Å². The van der Waals surface area contributed by atoms with Gasteiger partial charge in [0.05, 0.1) is 13.2 Å². The van der Waals surface area contributed by atoms with Gasteiger partial charge in [-0.25, -0.2) is 9.97 Å². The molecule has 28 heavy (non-hydrogen) atoms. The van der Waals surface area contributed by atoms with Crippen molar-refractivity contribution in [2.45, 2.75) is 19.6 Å². The van der Waals surface area contributed by atoms with Crippen molar-refractivity contribution in [2.24, 2.45) is 0 Å². The number of hydrogen-bond acceptors (Lipinski definition) is 7. The lowest BCUT2D eigenvalue weighted by atomic mass is 10.1. The molecule has 8 heteroatoms. The van der Waals surface area contributed by atoms with Gasteiger partial charge < -0.3 is 20.5 Å². The predicted octanol–water partition coefficient (Wildman–Crippen LogP) is 2.53. The Labute approximate surface area is 162 Å². The van der Waals surface area contributed by atoms with Crippen molar-refractivity contribution in [3.8, 4) is 11.5 Å².